The topological polar surface area (TPSA) is 75.1 Å². The molecule has 1 aliphatic rings. The van der Waals surface area contributed by atoms with E-state index in [4.69, 9.17) is 23.2 Å². The molecular weight excluding hydrogens is 289 g/mol. The van der Waals surface area contributed by atoms with E-state index in [0.717, 1.165) is 25.7 Å². The first kappa shape index (κ1) is 14.3. The third-order valence-corrected chi connectivity index (χ3v) is 3.88. The Hall–Kier alpha value is -1.07. The summed E-state index contributed by atoms with van der Waals surface area (Å²) in [6, 6.07) is 0.827. The Kier molecular flexibility index (Phi) is 4.82. The summed E-state index contributed by atoms with van der Waals surface area (Å²) in [5.74, 6) is -0.773. The van der Waals surface area contributed by atoms with E-state index in [1.807, 2.05) is 0 Å². The molecule has 19 heavy (non-hydrogen) atoms. The van der Waals surface area contributed by atoms with Gasteiger partial charge in [-0.1, -0.05) is 42.5 Å². The summed E-state index contributed by atoms with van der Waals surface area (Å²) in [7, 11) is 0. The van der Waals surface area contributed by atoms with Crippen molar-refractivity contribution < 1.29 is 9.90 Å². The van der Waals surface area contributed by atoms with Crippen LogP contribution in [0.5, 0.6) is 0 Å². The second kappa shape index (κ2) is 6.39. The van der Waals surface area contributed by atoms with E-state index in [1.165, 1.54) is 12.5 Å². The zero-order valence-electron chi connectivity index (χ0n) is 10.3. The van der Waals surface area contributed by atoms with Crippen LogP contribution in [-0.4, -0.2) is 27.3 Å². The highest BCUT2D eigenvalue weighted by Crippen LogP contribution is 2.30. The maximum absolute atomic E-state index is 11.4. The minimum absolute atomic E-state index is 0.106. The fourth-order valence-corrected chi connectivity index (χ4v) is 2.76. The van der Waals surface area contributed by atoms with Crippen LogP contribution in [0.25, 0.3) is 0 Å². The van der Waals surface area contributed by atoms with Gasteiger partial charge in [-0.2, -0.15) is 0 Å². The Morgan fingerprint density at radius 1 is 1.32 bits per heavy atom. The summed E-state index contributed by atoms with van der Waals surface area (Å²) in [4.78, 5) is 11.4. The van der Waals surface area contributed by atoms with Crippen molar-refractivity contribution in [2.24, 2.45) is 5.92 Å². The van der Waals surface area contributed by atoms with E-state index >= 15 is 0 Å². The highest BCUT2D eigenvalue weighted by atomic mass is 35.5. The van der Waals surface area contributed by atoms with Crippen molar-refractivity contribution in [2.75, 3.05) is 5.32 Å². The molecule has 1 aliphatic carbocycles. The minimum atomic E-state index is -0.879. The number of rotatable bonds is 4. The predicted octanol–water partition coefficient (Wildman–Crippen LogP) is 3.23. The number of aliphatic carboxylic acids is 1. The largest absolute Gasteiger partial charge is 0.480 e. The molecule has 1 saturated carbocycles. The first-order valence-electron chi connectivity index (χ1n) is 6.26. The van der Waals surface area contributed by atoms with E-state index < -0.39 is 12.0 Å². The van der Waals surface area contributed by atoms with E-state index in [0.29, 0.717) is 5.69 Å². The Balaban J connectivity index is 2.15. The summed E-state index contributed by atoms with van der Waals surface area (Å²) in [5, 5.41) is 19.9. The molecule has 0 saturated heterocycles. The third kappa shape index (κ3) is 3.70. The number of hydrogen-bond donors (Lipinski definition) is 2. The molecule has 1 heterocycles. The number of halogens is 2. The lowest BCUT2D eigenvalue weighted by Gasteiger charge is -2.28. The Morgan fingerprint density at radius 2 is 2.00 bits per heavy atom. The summed E-state index contributed by atoms with van der Waals surface area (Å²) in [6.45, 7) is 0. The molecule has 1 unspecified atom stereocenters. The van der Waals surface area contributed by atoms with Crippen LogP contribution < -0.4 is 5.32 Å². The average molecular weight is 304 g/mol. The van der Waals surface area contributed by atoms with Crippen molar-refractivity contribution >= 4 is 34.9 Å². The second-order valence-corrected chi connectivity index (χ2v) is 5.48. The van der Waals surface area contributed by atoms with Gasteiger partial charge in [0.15, 0.2) is 10.3 Å². The van der Waals surface area contributed by atoms with Gasteiger partial charge in [-0.25, -0.2) is 4.79 Å². The van der Waals surface area contributed by atoms with Gasteiger partial charge in [0.05, 0.1) is 5.69 Å². The minimum Gasteiger partial charge on any atom is -0.480 e. The van der Waals surface area contributed by atoms with Crippen LogP contribution in [-0.2, 0) is 4.79 Å². The zero-order chi connectivity index (χ0) is 13.8. The van der Waals surface area contributed by atoms with Gasteiger partial charge in [-0.05, 0) is 18.8 Å². The maximum atomic E-state index is 11.4. The normalized spacial score (nSPS) is 18.0. The molecule has 0 amide bonds. The monoisotopic (exact) mass is 303 g/mol. The van der Waals surface area contributed by atoms with Gasteiger partial charge in [0.25, 0.3) is 0 Å². The third-order valence-electron chi connectivity index (χ3n) is 3.42. The highest BCUT2D eigenvalue weighted by molar-refractivity contribution is 6.33. The first-order valence-corrected chi connectivity index (χ1v) is 7.01. The van der Waals surface area contributed by atoms with Crippen LogP contribution in [0.4, 0.5) is 5.69 Å². The second-order valence-electron chi connectivity index (χ2n) is 4.73. The molecule has 1 fully saturated rings. The number of carboxylic acid groups (broad SMARTS) is 1. The number of nitrogens with zero attached hydrogens (tertiary/aromatic N) is 2. The number of aromatic nitrogens is 2. The van der Waals surface area contributed by atoms with Gasteiger partial charge in [0, 0.05) is 6.07 Å². The Morgan fingerprint density at radius 3 is 2.63 bits per heavy atom. The smallest absolute Gasteiger partial charge is 0.326 e. The number of anilines is 1. The molecule has 1 atom stereocenters. The van der Waals surface area contributed by atoms with Crippen LogP contribution in [0, 0.1) is 5.92 Å². The summed E-state index contributed by atoms with van der Waals surface area (Å²) >= 11 is 11.6. The van der Waals surface area contributed by atoms with Crippen molar-refractivity contribution in [2.45, 2.75) is 38.1 Å². The van der Waals surface area contributed by atoms with Gasteiger partial charge in [-0.15, -0.1) is 10.2 Å². The molecule has 0 aliphatic heterocycles. The summed E-state index contributed by atoms with van der Waals surface area (Å²) < 4.78 is 0. The van der Waals surface area contributed by atoms with Gasteiger partial charge >= 0.3 is 5.97 Å². The van der Waals surface area contributed by atoms with Crippen molar-refractivity contribution in [3.8, 4) is 0 Å². The average Bonchev–Trinajstić information content (AvgIpc) is 2.40. The van der Waals surface area contributed by atoms with Crippen molar-refractivity contribution in [1.82, 2.24) is 10.2 Å². The van der Waals surface area contributed by atoms with E-state index in [9.17, 15) is 9.90 Å². The van der Waals surface area contributed by atoms with Crippen molar-refractivity contribution in [1.29, 1.82) is 0 Å². The van der Waals surface area contributed by atoms with Crippen LogP contribution >= 0.6 is 23.2 Å². The first-order chi connectivity index (χ1) is 9.08. The fourth-order valence-electron chi connectivity index (χ4n) is 2.47. The molecule has 7 heteroatoms. The SMILES string of the molecule is O=C(O)C(Nc1cc(Cl)nnc1Cl)C1CCCCC1. The lowest BCUT2D eigenvalue weighted by molar-refractivity contribution is -0.139. The van der Waals surface area contributed by atoms with Gasteiger partial charge in [0.1, 0.15) is 6.04 Å². The lowest BCUT2D eigenvalue weighted by Crippen LogP contribution is -2.38. The van der Waals surface area contributed by atoms with E-state index in [-0.39, 0.29) is 16.2 Å². The molecule has 2 rings (SSSR count). The Bertz CT molecular complexity index is 464. The molecule has 0 bridgehead atoms. The number of hydrogen-bond acceptors (Lipinski definition) is 4. The van der Waals surface area contributed by atoms with Crippen LogP contribution in [0.1, 0.15) is 32.1 Å². The van der Waals surface area contributed by atoms with Gasteiger partial charge < -0.3 is 10.4 Å². The molecule has 0 radical (unpaired) electrons. The molecule has 1 aromatic heterocycles. The lowest BCUT2D eigenvalue weighted by atomic mass is 9.84. The van der Waals surface area contributed by atoms with E-state index in [2.05, 4.69) is 15.5 Å². The molecule has 1 aromatic rings. The van der Waals surface area contributed by atoms with Crippen molar-refractivity contribution in [3.05, 3.63) is 16.4 Å². The van der Waals surface area contributed by atoms with Crippen LogP contribution in [0.15, 0.2) is 6.07 Å². The van der Waals surface area contributed by atoms with E-state index in [1.54, 1.807) is 0 Å². The van der Waals surface area contributed by atoms with Crippen LogP contribution in [0.3, 0.4) is 0 Å². The predicted molar refractivity (Wildman–Crippen MR) is 73.7 cm³/mol. The molecule has 2 N–H and O–H groups in total. The number of carbonyl (C=O) groups is 1. The number of carboxylic acids is 1. The molecule has 104 valence electrons. The van der Waals surface area contributed by atoms with Crippen molar-refractivity contribution in [3.63, 3.8) is 0 Å². The Labute approximate surface area is 121 Å². The van der Waals surface area contributed by atoms with Gasteiger partial charge in [0.2, 0.25) is 0 Å². The van der Waals surface area contributed by atoms with Gasteiger partial charge in [-0.3, -0.25) is 0 Å². The fraction of sp³-hybridized carbons (Fsp3) is 0.583. The summed E-state index contributed by atoms with van der Waals surface area (Å²) in [5.41, 5.74) is 0.416. The molecule has 0 aromatic carbocycles. The standard InChI is InChI=1S/C12H15Cl2N3O2/c13-9-6-8(11(14)17-16-9)15-10(12(18)19)7-4-2-1-3-5-7/h6-7,10H,1-5H2,(H,15,16)(H,18,19). The zero-order valence-corrected chi connectivity index (χ0v) is 11.8. The molecule has 5 nitrogen and oxygen atoms in total. The quantitative estimate of drug-likeness (QED) is 0.893. The summed E-state index contributed by atoms with van der Waals surface area (Å²) in [6.07, 6.45) is 5.13. The maximum Gasteiger partial charge on any atom is 0.326 e. The highest BCUT2D eigenvalue weighted by Gasteiger charge is 2.30. The van der Waals surface area contributed by atoms with Crippen LogP contribution in [0.2, 0.25) is 10.3 Å². The number of nitrogens with one attached hydrogen (secondary N) is 1. The molecular formula is C12H15Cl2N3O2. The molecule has 0 spiro atoms.